The summed E-state index contributed by atoms with van der Waals surface area (Å²) in [5.41, 5.74) is 4.67. The number of rotatable bonds is 7. The molecular weight excluding hydrogens is 348 g/mol. The van der Waals surface area contributed by atoms with E-state index in [1.165, 1.54) is 43.5 Å². The van der Waals surface area contributed by atoms with Gasteiger partial charge < -0.3 is 10.1 Å². The Labute approximate surface area is 168 Å². The van der Waals surface area contributed by atoms with Crippen LogP contribution in [-0.2, 0) is 17.9 Å². The van der Waals surface area contributed by atoms with E-state index in [1.807, 2.05) is 26.0 Å². The number of aryl methyl sites for hydroxylation is 2. The minimum Gasteiger partial charge on any atom is -0.481 e. The van der Waals surface area contributed by atoms with Crippen LogP contribution in [-0.4, -0.2) is 30.0 Å². The predicted molar refractivity (Wildman–Crippen MR) is 113 cm³/mol. The van der Waals surface area contributed by atoms with Gasteiger partial charge in [0.2, 0.25) is 0 Å². The number of amides is 1. The Balaban J connectivity index is 1.46. The van der Waals surface area contributed by atoms with Gasteiger partial charge in [-0.1, -0.05) is 48.4 Å². The van der Waals surface area contributed by atoms with Crippen LogP contribution in [0.4, 0.5) is 0 Å². The quantitative estimate of drug-likeness (QED) is 0.775. The Kier molecular flexibility index (Phi) is 7.10. The highest BCUT2D eigenvalue weighted by molar-refractivity contribution is 5.80. The monoisotopic (exact) mass is 380 g/mol. The van der Waals surface area contributed by atoms with Crippen molar-refractivity contribution in [3.8, 4) is 5.75 Å². The first-order valence-electron chi connectivity index (χ1n) is 10.3. The summed E-state index contributed by atoms with van der Waals surface area (Å²) in [4.78, 5) is 14.9. The third-order valence-electron chi connectivity index (χ3n) is 5.35. The smallest absolute Gasteiger partial charge is 0.261 e. The Morgan fingerprint density at radius 2 is 1.71 bits per heavy atom. The molecule has 0 saturated carbocycles. The van der Waals surface area contributed by atoms with Crippen LogP contribution in [0.25, 0.3) is 0 Å². The van der Waals surface area contributed by atoms with Gasteiger partial charge in [0.15, 0.2) is 6.10 Å². The number of hydrogen-bond acceptors (Lipinski definition) is 3. The van der Waals surface area contributed by atoms with Crippen molar-refractivity contribution in [3.05, 3.63) is 64.7 Å². The summed E-state index contributed by atoms with van der Waals surface area (Å²) < 4.78 is 5.84. The molecule has 2 aromatic carbocycles. The lowest BCUT2D eigenvalue weighted by molar-refractivity contribution is -0.127. The van der Waals surface area contributed by atoms with Gasteiger partial charge in [0.05, 0.1) is 0 Å². The molecule has 1 heterocycles. The van der Waals surface area contributed by atoms with Crippen LogP contribution in [0.15, 0.2) is 42.5 Å². The predicted octanol–water partition coefficient (Wildman–Crippen LogP) is 4.37. The summed E-state index contributed by atoms with van der Waals surface area (Å²) in [7, 11) is 0. The Morgan fingerprint density at radius 1 is 1.04 bits per heavy atom. The molecule has 4 nitrogen and oxygen atoms in total. The number of likely N-dealkylation sites (tertiary alicyclic amines) is 1. The third kappa shape index (κ3) is 5.83. The SMILES string of the molecule is Cc1ccc(OC(C)C(=O)NCc2ccc(CN3CCCCC3)cc2)c(C)c1. The largest absolute Gasteiger partial charge is 0.481 e. The Hall–Kier alpha value is -2.33. The van der Waals surface area contributed by atoms with E-state index in [0.29, 0.717) is 6.54 Å². The number of carbonyl (C=O) groups is 1. The highest BCUT2D eigenvalue weighted by atomic mass is 16.5. The maximum Gasteiger partial charge on any atom is 0.261 e. The lowest BCUT2D eigenvalue weighted by Gasteiger charge is -2.26. The van der Waals surface area contributed by atoms with Crippen molar-refractivity contribution in [2.45, 2.75) is 59.2 Å². The van der Waals surface area contributed by atoms with E-state index in [0.717, 1.165) is 23.4 Å². The molecule has 150 valence electrons. The van der Waals surface area contributed by atoms with Crippen LogP contribution in [0.3, 0.4) is 0 Å². The zero-order chi connectivity index (χ0) is 19.9. The van der Waals surface area contributed by atoms with Crippen LogP contribution in [0.1, 0.15) is 48.4 Å². The standard InChI is InChI=1S/C24H32N2O2/c1-18-7-12-23(19(2)15-18)28-20(3)24(27)25-16-21-8-10-22(11-9-21)17-26-13-5-4-6-14-26/h7-12,15,20H,4-6,13-14,16-17H2,1-3H3,(H,25,27). The van der Waals surface area contributed by atoms with Crippen LogP contribution in [0, 0.1) is 13.8 Å². The second kappa shape index (κ2) is 9.74. The molecule has 28 heavy (non-hydrogen) atoms. The Morgan fingerprint density at radius 3 is 2.39 bits per heavy atom. The van der Waals surface area contributed by atoms with Crippen molar-refractivity contribution in [1.82, 2.24) is 10.2 Å². The first kappa shape index (κ1) is 20.4. The fourth-order valence-electron chi connectivity index (χ4n) is 3.65. The van der Waals surface area contributed by atoms with Gasteiger partial charge in [-0.05, 0) is 69.5 Å². The molecule has 0 aromatic heterocycles. The van der Waals surface area contributed by atoms with E-state index in [4.69, 9.17) is 4.74 Å². The van der Waals surface area contributed by atoms with Crippen molar-refractivity contribution in [2.75, 3.05) is 13.1 Å². The second-order valence-electron chi connectivity index (χ2n) is 7.90. The third-order valence-corrected chi connectivity index (χ3v) is 5.35. The highest BCUT2D eigenvalue weighted by Gasteiger charge is 2.15. The topological polar surface area (TPSA) is 41.6 Å². The average molecular weight is 381 g/mol. The average Bonchev–Trinajstić information content (AvgIpc) is 2.70. The molecule has 0 radical (unpaired) electrons. The normalized spacial score (nSPS) is 15.8. The van der Waals surface area contributed by atoms with Gasteiger partial charge in [-0.2, -0.15) is 0 Å². The molecule has 3 rings (SSSR count). The summed E-state index contributed by atoms with van der Waals surface area (Å²) in [6, 6.07) is 14.5. The zero-order valence-electron chi connectivity index (χ0n) is 17.3. The van der Waals surface area contributed by atoms with E-state index in [2.05, 4.69) is 40.5 Å². The molecule has 1 amide bonds. The molecule has 1 unspecified atom stereocenters. The van der Waals surface area contributed by atoms with Crippen molar-refractivity contribution in [3.63, 3.8) is 0 Å². The molecule has 0 spiro atoms. The Bertz CT molecular complexity index is 780. The van der Waals surface area contributed by atoms with Gasteiger partial charge in [0.1, 0.15) is 5.75 Å². The van der Waals surface area contributed by atoms with Gasteiger partial charge in [-0.3, -0.25) is 9.69 Å². The molecule has 4 heteroatoms. The summed E-state index contributed by atoms with van der Waals surface area (Å²) in [5, 5.41) is 2.98. The molecule has 0 aliphatic carbocycles. The molecule has 1 fully saturated rings. The summed E-state index contributed by atoms with van der Waals surface area (Å²) in [5.74, 6) is 0.660. The zero-order valence-corrected chi connectivity index (χ0v) is 17.3. The maximum atomic E-state index is 12.4. The van der Waals surface area contributed by atoms with E-state index < -0.39 is 6.10 Å². The molecule has 1 N–H and O–H groups in total. The number of benzene rings is 2. The van der Waals surface area contributed by atoms with Crippen LogP contribution < -0.4 is 10.1 Å². The number of ether oxygens (including phenoxy) is 1. The lowest BCUT2D eigenvalue weighted by Crippen LogP contribution is -2.36. The molecule has 1 saturated heterocycles. The van der Waals surface area contributed by atoms with Gasteiger partial charge >= 0.3 is 0 Å². The summed E-state index contributed by atoms with van der Waals surface area (Å²) in [6.07, 6.45) is 3.46. The minimum absolute atomic E-state index is 0.0997. The number of carbonyl (C=O) groups excluding carboxylic acids is 1. The van der Waals surface area contributed by atoms with E-state index >= 15 is 0 Å². The van der Waals surface area contributed by atoms with Crippen molar-refractivity contribution < 1.29 is 9.53 Å². The van der Waals surface area contributed by atoms with E-state index in [9.17, 15) is 4.79 Å². The van der Waals surface area contributed by atoms with Gasteiger partial charge in [-0.25, -0.2) is 0 Å². The highest BCUT2D eigenvalue weighted by Crippen LogP contribution is 2.20. The molecule has 0 bridgehead atoms. The van der Waals surface area contributed by atoms with E-state index in [1.54, 1.807) is 6.92 Å². The maximum absolute atomic E-state index is 12.4. The van der Waals surface area contributed by atoms with Crippen molar-refractivity contribution in [2.24, 2.45) is 0 Å². The molecule has 1 aliphatic heterocycles. The first-order chi connectivity index (χ1) is 13.5. The molecule has 2 aromatic rings. The number of piperidine rings is 1. The fraction of sp³-hybridized carbons (Fsp3) is 0.458. The molecular formula is C24H32N2O2. The van der Waals surface area contributed by atoms with Crippen LogP contribution >= 0.6 is 0 Å². The number of nitrogens with one attached hydrogen (secondary N) is 1. The molecule has 1 atom stereocenters. The van der Waals surface area contributed by atoms with Gasteiger partial charge in [0, 0.05) is 13.1 Å². The summed E-state index contributed by atoms with van der Waals surface area (Å²) in [6.45, 7) is 9.78. The fourth-order valence-corrected chi connectivity index (χ4v) is 3.65. The minimum atomic E-state index is -0.528. The first-order valence-corrected chi connectivity index (χ1v) is 10.3. The van der Waals surface area contributed by atoms with Crippen molar-refractivity contribution in [1.29, 1.82) is 0 Å². The van der Waals surface area contributed by atoms with Crippen LogP contribution in [0.2, 0.25) is 0 Å². The molecule has 1 aliphatic rings. The van der Waals surface area contributed by atoms with Crippen molar-refractivity contribution >= 4 is 5.91 Å². The van der Waals surface area contributed by atoms with Gasteiger partial charge in [-0.15, -0.1) is 0 Å². The second-order valence-corrected chi connectivity index (χ2v) is 7.90. The van der Waals surface area contributed by atoms with Gasteiger partial charge in [0.25, 0.3) is 5.91 Å². The lowest BCUT2D eigenvalue weighted by atomic mass is 10.1. The van der Waals surface area contributed by atoms with Crippen LogP contribution in [0.5, 0.6) is 5.75 Å². The van der Waals surface area contributed by atoms with E-state index in [-0.39, 0.29) is 5.91 Å². The summed E-state index contributed by atoms with van der Waals surface area (Å²) >= 11 is 0. The number of nitrogens with zero attached hydrogens (tertiary/aromatic N) is 1. The number of hydrogen-bond donors (Lipinski definition) is 1.